The fourth-order valence-electron chi connectivity index (χ4n) is 2.52. The number of ether oxygens (including phenoxy) is 4. The minimum absolute atomic E-state index is 0.515. The van der Waals surface area contributed by atoms with Crippen LogP contribution >= 0.6 is 7.82 Å². The Balaban J connectivity index is 3.34. The monoisotopic (exact) mass is 427 g/mol. The van der Waals surface area contributed by atoms with Gasteiger partial charge in [0.2, 0.25) is 5.91 Å². The molecule has 0 aliphatic carbocycles. The zero-order valence-electron chi connectivity index (χ0n) is 15.5. The number of amides is 1. The lowest BCUT2D eigenvalue weighted by molar-refractivity contribution is -0.259. The molecule has 0 aromatic carbocycles. The molecule has 0 unspecified atom stereocenters. The summed E-state index contributed by atoms with van der Waals surface area (Å²) in [5, 5.41) is 2.29. The summed E-state index contributed by atoms with van der Waals surface area (Å²) in [4.78, 5) is 63.9. The average molecular weight is 427 g/mol. The molecule has 1 aliphatic rings. The number of nitrogens with one attached hydrogen (secondary N) is 1. The molecule has 13 nitrogen and oxygen atoms in total. The van der Waals surface area contributed by atoms with Crippen LogP contribution in [0.5, 0.6) is 0 Å². The van der Waals surface area contributed by atoms with E-state index in [1.807, 2.05) is 0 Å². The van der Waals surface area contributed by atoms with Gasteiger partial charge in [0.1, 0.15) is 18.8 Å². The van der Waals surface area contributed by atoms with E-state index >= 15 is 0 Å². The van der Waals surface area contributed by atoms with Gasteiger partial charge in [-0.05, 0) is 0 Å². The van der Waals surface area contributed by atoms with E-state index in [0.717, 1.165) is 27.7 Å². The SMILES string of the molecule is CC(=O)N[C@H]1[C@@H](OP(=O)(O)O)O[C@H](COC(C)=O)[C@@H](OC(C)=O)[C@@H]1OC(C)=O. The van der Waals surface area contributed by atoms with Crippen molar-refractivity contribution in [1.82, 2.24) is 5.32 Å². The van der Waals surface area contributed by atoms with Crippen LogP contribution < -0.4 is 5.32 Å². The molecule has 14 heteroatoms. The molecular weight excluding hydrogens is 405 g/mol. The summed E-state index contributed by atoms with van der Waals surface area (Å²) in [5.41, 5.74) is 0. The number of carbonyl (C=O) groups is 4. The second-order valence-electron chi connectivity index (χ2n) is 5.82. The molecule has 5 atom stereocenters. The predicted octanol–water partition coefficient (Wildman–Crippen LogP) is -1.25. The van der Waals surface area contributed by atoms with Gasteiger partial charge in [-0.2, -0.15) is 0 Å². The molecule has 0 bridgehead atoms. The maximum Gasteiger partial charge on any atom is 0.472 e. The number of esters is 3. The number of phosphoric ester groups is 1. The minimum Gasteiger partial charge on any atom is -0.463 e. The van der Waals surface area contributed by atoms with Crippen LogP contribution in [-0.4, -0.2) is 70.9 Å². The van der Waals surface area contributed by atoms with E-state index in [2.05, 4.69) is 9.84 Å². The third-order valence-corrected chi connectivity index (χ3v) is 3.79. The molecule has 28 heavy (non-hydrogen) atoms. The van der Waals surface area contributed by atoms with Gasteiger partial charge >= 0.3 is 25.7 Å². The van der Waals surface area contributed by atoms with Gasteiger partial charge in [0.15, 0.2) is 18.5 Å². The highest BCUT2D eigenvalue weighted by molar-refractivity contribution is 7.46. The van der Waals surface area contributed by atoms with E-state index in [4.69, 9.17) is 28.7 Å². The van der Waals surface area contributed by atoms with Crippen molar-refractivity contribution in [3.05, 3.63) is 0 Å². The Morgan fingerprint density at radius 3 is 1.93 bits per heavy atom. The minimum atomic E-state index is -5.12. The molecule has 1 fully saturated rings. The Bertz CT molecular complexity index is 661. The highest BCUT2D eigenvalue weighted by atomic mass is 31.2. The van der Waals surface area contributed by atoms with Crippen LogP contribution in [-0.2, 0) is 47.2 Å². The number of hydrogen-bond acceptors (Lipinski definition) is 10. The lowest BCUT2D eigenvalue weighted by atomic mass is 9.96. The topological polar surface area (TPSA) is 184 Å². The maximum absolute atomic E-state index is 11.5. The first kappa shape index (κ1) is 24.0. The van der Waals surface area contributed by atoms with Gasteiger partial charge in [0.05, 0.1) is 0 Å². The fourth-order valence-corrected chi connectivity index (χ4v) is 2.97. The molecule has 3 N–H and O–H groups in total. The third kappa shape index (κ3) is 7.90. The van der Waals surface area contributed by atoms with Crippen LogP contribution in [0.15, 0.2) is 0 Å². The van der Waals surface area contributed by atoms with Crippen LogP contribution in [0.25, 0.3) is 0 Å². The Morgan fingerprint density at radius 2 is 1.50 bits per heavy atom. The Labute approximate surface area is 159 Å². The Kier molecular flexibility index (Phi) is 8.51. The largest absolute Gasteiger partial charge is 0.472 e. The van der Waals surface area contributed by atoms with Crippen molar-refractivity contribution < 1.29 is 57.0 Å². The van der Waals surface area contributed by atoms with Gasteiger partial charge < -0.3 is 34.1 Å². The van der Waals surface area contributed by atoms with Crippen LogP contribution in [0.4, 0.5) is 0 Å². The number of rotatable bonds is 7. The van der Waals surface area contributed by atoms with Crippen molar-refractivity contribution in [1.29, 1.82) is 0 Å². The molecule has 0 spiro atoms. The number of phosphoric acid groups is 1. The van der Waals surface area contributed by atoms with Gasteiger partial charge in [-0.25, -0.2) is 4.57 Å². The smallest absolute Gasteiger partial charge is 0.463 e. The van der Waals surface area contributed by atoms with E-state index in [1.165, 1.54) is 0 Å². The normalized spacial score (nSPS) is 27.4. The van der Waals surface area contributed by atoms with Gasteiger partial charge in [-0.1, -0.05) is 0 Å². The maximum atomic E-state index is 11.5. The van der Waals surface area contributed by atoms with Crippen molar-refractivity contribution in [2.45, 2.75) is 58.3 Å². The van der Waals surface area contributed by atoms with Crippen molar-refractivity contribution in [2.75, 3.05) is 6.61 Å². The molecular formula is C14H22NO12P. The highest BCUT2D eigenvalue weighted by Gasteiger charge is 2.52. The summed E-state index contributed by atoms with van der Waals surface area (Å²) >= 11 is 0. The standard InChI is InChI=1S/C14H22NO12P/c1-6(16)15-11-13(25-9(4)19)12(24-8(3)18)10(5-23-7(2)17)26-14(11)27-28(20,21)22/h10-14H,5H2,1-4H3,(H,15,16)(H2,20,21,22)/t10-,11-,12-,13-,14-/m1/s1. The number of hydrogen-bond donors (Lipinski definition) is 3. The van der Waals surface area contributed by atoms with Crippen molar-refractivity contribution >= 4 is 31.6 Å². The van der Waals surface area contributed by atoms with E-state index in [1.54, 1.807) is 0 Å². The van der Waals surface area contributed by atoms with Crippen molar-refractivity contribution in [3.8, 4) is 0 Å². The number of carbonyl (C=O) groups excluding carboxylic acids is 4. The molecule has 0 saturated carbocycles. The first-order valence-corrected chi connectivity index (χ1v) is 9.47. The zero-order chi connectivity index (χ0) is 21.6. The quantitative estimate of drug-likeness (QED) is 0.250. The van der Waals surface area contributed by atoms with Gasteiger partial charge in [-0.3, -0.25) is 23.7 Å². The second kappa shape index (κ2) is 9.94. The summed E-state index contributed by atoms with van der Waals surface area (Å²) in [6.07, 6.45) is -5.98. The zero-order valence-corrected chi connectivity index (χ0v) is 16.4. The van der Waals surface area contributed by atoms with Crippen molar-refractivity contribution in [2.24, 2.45) is 0 Å². The Morgan fingerprint density at radius 1 is 0.964 bits per heavy atom. The van der Waals surface area contributed by atoms with Crippen LogP contribution in [0.2, 0.25) is 0 Å². The summed E-state index contributed by atoms with van der Waals surface area (Å²) < 4.78 is 36.3. The van der Waals surface area contributed by atoms with E-state index in [0.29, 0.717) is 0 Å². The van der Waals surface area contributed by atoms with E-state index in [9.17, 15) is 23.7 Å². The molecule has 1 aliphatic heterocycles. The Hall–Kier alpha value is -2.05. The molecule has 0 radical (unpaired) electrons. The second-order valence-corrected chi connectivity index (χ2v) is 7.01. The van der Waals surface area contributed by atoms with Gasteiger partial charge in [0, 0.05) is 27.7 Å². The summed E-state index contributed by atoms with van der Waals surface area (Å²) in [6, 6.07) is -1.45. The van der Waals surface area contributed by atoms with Gasteiger partial charge in [0.25, 0.3) is 0 Å². The predicted molar refractivity (Wildman–Crippen MR) is 87.1 cm³/mol. The molecule has 0 aromatic rings. The molecule has 160 valence electrons. The highest BCUT2D eigenvalue weighted by Crippen LogP contribution is 2.41. The van der Waals surface area contributed by atoms with E-state index in [-0.39, 0.29) is 0 Å². The van der Waals surface area contributed by atoms with Crippen LogP contribution in [0.3, 0.4) is 0 Å². The van der Waals surface area contributed by atoms with E-state index < -0.39 is 68.9 Å². The first-order chi connectivity index (χ1) is 12.8. The van der Waals surface area contributed by atoms with Crippen LogP contribution in [0, 0.1) is 0 Å². The summed E-state index contributed by atoms with van der Waals surface area (Å²) in [5.74, 6) is -3.05. The van der Waals surface area contributed by atoms with Crippen LogP contribution in [0.1, 0.15) is 27.7 Å². The lowest BCUT2D eigenvalue weighted by Crippen LogP contribution is -2.66. The molecule has 0 aromatic heterocycles. The van der Waals surface area contributed by atoms with Gasteiger partial charge in [-0.15, -0.1) is 0 Å². The third-order valence-electron chi connectivity index (χ3n) is 3.31. The molecule has 1 rings (SSSR count). The summed E-state index contributed by atoms with van der Waals surface area (Å²) in [6.45, 7) is 3.76. The summed E-state index contributed by atoms with van der Waals surface area (Å²) in [7, 11) is -5.12. The average Bonchev–Trinajstić information content (AvgIpc) is 2.48. The molecule has 1 saturated heterocycles. The first-order valence-electron chi connectivity index (χ1n) is 7.94. The lowest BCUT2D eigenvalue weighted by Gasteiger charge is -2.44. The molecule has 1 amide bonds. The fraction of sp³-hybridized carbons (Fsp3) is 0.714. The van der Waals surface area contributed by atoms with Crippen molar-refractivity contribution in [3.63, 3.8) is 0 Å². The molecule has 1 heterocycles.